The van der Waals surface area contributed by atoms with Crippen molar-refractivity contribution in [3.05, 3.63) is 23.1 Å². The molecular formula is C13H17N3OS. The van der Waals surface area contributed by atoms with E-state index in [4.69, 9.17) is 17.0 Å². The van der Waals surface area contributed by atoms with Gasteiger partial charge in [-0.2, -0.15) is 0 Å². The van der Waals surface area contributed by atoms with Crippen molar-refractivity contribution in [3.63, 3.8) is 0 Å². The van der Waals surface area contributed by atoms with Gasteiger partial charge in [0, 0.05) is 6.20 Å². The van der Waals surface area contributed by atoms with Crippen LogP contribution < -0.4 is 0 Å². The van der Waals surface area contributed by atoms with Gasteiger partial charge >= 0.3 is 0 Å². The number of nitrogens with one attached hydrogen (secondary N) is 1. The first-order valence-electron chi connectivity index (χ1n) is 6.50. The van der Waals surface area contributed by atoms with Crippen molar-refractivity contribution in [1.82, 2.24) is 14.5 Å². The fraction of sp³-hybridized carbons (Fsp3) is 0.538. The number of hydrogen-bond acceptors (Lipinski definition) is 3. The monoisotopic (exact) mass is 263 g/mol. The van der Waals surface area contributed by atoms with Crippen LogP contribution in [0.25, 0.3) is 11.2 Å². The molecule has 0 unspecified atom stereocenters. The molecule has 0 saturated heterocycles. The lowest BCUT2D eigenvalue weighted by atomic mass is 10.3. The van der Waals surface area contributed by atoms with Gasteiger partial charge < -0.3 is 9.72 Å². The third kappa shape index (κ3) is 2.33. The van der Waals surface area contributed by atoms with E-state index in [2.05, 4.69) is 9.97 Å². The Balaban J connectivity index is 1.70. The molecule has 0 bridgehead atoms. The van der Waals surface area contributed by atoms with E-state index in [1.165, 1.54) is 25.7 Å². The van der Waals surface area contributed by atoms with Gasteiger partial charge in [-0.25, -0.2) is 4.98 Å². The second-order valence-corrected chi connectivity index (χ2v) is 5.12. The molecule has 3 rings (SSSR count). The second-order valence-electron chi connectivity index (χ2n) is 4.73. The zero-order valence-electron chi connectivity index (χ0n) is 10.3. The summed E-state index contributed by atoms with van der Waals surface area (Å²) in [7, 11) is 0. The lowest BCUT2D eigenvalue weighted by molar-refractivity contribution is 0.0532. The average molecular weight is 263 g/mol. The molecule has 0 radical (unpaired) electrons. The standard InChI is InChI=1S/C13H17N3OS/c18-13-15-11-6-3-7-14-12(11)16(13)8-9-17-10-4-1-2-5-10/h3,6-7,10H,1-2,4-5,8-9H2,(H,15,18). The molecule has 2 heterocycles. The molecule has 2 aromatic heterocycles. The van der Waals surface area contributed by atoms with Crippen LogP contribution in [0.2, 0.25) is 0 Å². The summed E-state index contributed by atoms with van der Waals surface area (Å²) in [5.74, 6) is 0. The topological polar surface area (TPSA) is 42.8 Å². The summed E-state index contributed by atoms with van der Waals surface area (Å²) in [6.45, 7) is 1.48. The van der Waals surface area contributed by atoms with Gasteiger partial charge in [0.2, 0.25) is 0 Å². The molecule has 1 aliphatic rings. The van der Waals surface area contributed by atoms with Gasteiger partial charge in [-0.1, -0.05) is 12.8 Å². The van der Waals surface area contributed by atoms with Crippen LogP contribution in [0.5, 0.6) is 0 Å². The molecule has 2 aromatic rings. The molecule has 0 amide bonds. The van der Waals surface area contributed by atoms with E-state index >= 15 is 0 Å². The van der Waals surface area contributed by atoms with E-state index in [9.17, 15) is 0 Å². The van der Waals surface area contributed by atoms with Crippen molar-refractivity contribution in [2.75, 3.05) is 6.61 Å². The highest BCUT2D eigenvalue weighted by molar-refractivity contribution is 7.71. The number of imidazole rings is 1. The zero-order chi connectivity index (χ0) is 12.4. The van der Waals surface area contributed by atoms with Crippen LogP contribution in [0, 0.1) is 4.77 Å². The highest BCUT2D eigenvalue weighted by Crippen LogP contribution is 2.21. The molecule has 18 heavy (non-hydrogen) atoms. The minimum atomic E-state index is 0.456. The normalized spacial score (nSPS) is 16.7. The number of hydrogen-bond donors (Lipinski definition) is 1. The fourth-order valence-electron chi connectivity index (χ4n) is 2.56. The number of nitrogens with zero attached hydrogens (tertiary/aromatic N) is 2. The van der Waals surface area contributed by atoms with Crippen LogP contribution in [0.15, 0.2) is 18.3 Å². The van der Waals surface area contributed by atoms with Crippen LogP contribution >= 0.6 is 12.2 Å². The van der Waals surface area contributed by atoms with E-state index in [1.807, 2.05) is 16.7 Å². The molecule has 96 valence electrons. The van der Waals surface area contributed by atoms with Gasteiger partial charge in [-0.05, 0) is 37.2 Å². The van der Waals surface area contributed by atoms with E-state index in [1.54, 1.807) is 6.20 Å². The van der Waals surface area contributed by atoms with Crippen LogP contribution in [0.3, 0.4) is 0 Å². The van der Waals surface area contributed by atoms with Crippen molar-refractivity contribution in [2.45, 2.75) is 38.3 Å². The number of pyridine rings is 1. The number of H-pyrrole nitrogens is 1. The predicted molar refractivity (Wildman–Crippen MR) is 73.1 cm³/mol. The Morgan fingerprint density at radius 1 is 1.44 bits per heavy atom. The Hall–Kier alpha value is -1.20. The maximum atomic E-state index is 5.87. The SMILES string of the molecule is S=c1[nH]c2cccnc2n1CCOC1CCCC1. The summed E-state index contributed by atoms with van der Waals surface area (Å²) in [5, 5.41) is 0. The largest absolute Gasteiger partial charge is 0.376 e. The third-order valence-electron chi connectivity index (χ3n) is 3.50. The Kier molecular flexibility index (Phi) is 3.43. The molecular weight excluding hydrogens is 246 g/mol. The van der Waals surface area contributed by atoms with Crippen molar-refractivity contribution in [1.29, 1.82) is 0 Å². The molecule has 0 aromatic carbocycles. The van der Waals surface area contributed by atoms with Gasteiger partial charge in [0.25, 0.3) is 0 Å². The van der Waals surface area contributed by atoms with Gasteiger partial charge in [-0.15, -0.1) is 0 Å². The first kappa shape index (κ1) is 11.9. The van der Waals surface area contributed by atoms with E-state index in [-0.39, 0.29) is 0 Å². The van der Waals surface area contributed by atoms with E-state index in [0.717, 1.165) is 22.5 Å². The second kappa shape index (κ2) is 5.20. The van der Waals surface area contributed by atoms with Crippen molar-refractivity contribution >= 4 is 23.4 Å². The summed E-state index contributed by atoms with van der Waals surface area (Å²) < 4.78 is 8.61. The average Bonchev–Trinajstić information content (AvgIpc) is 2.98. The predicted octanol–water partition coefficient (Wildman–Crippen LogP) is 3.05. The van der Waals surface area contributed by atoms with E-state index in [0.29, 0.717) is 12.7 Å². The maximum Gasteiger partial charge on any atom is 0.179 e. The Labute approximate surface area is 111 Å². The highest BCUT2D eigenvalue weighted by atomic mass is 32.1. The lowest BCUT2D eigenvalue weighted by Gasteiger charge is -2.11. The smallest absolute Gasteiger partial charge is 0.179 e. The molecule has 1 N–H and O–H groups in total. The van der Waals surface area contributed by atoms with Crippen molar-refractivity contribution in [2.24, 2.45) is 0 Å². The minimum absolute atomic E-state index is 0.456. The van der Waals surface area contributed by atoms with Crippen LogP contribution in [0.1, 0.15) is 25.7 Å². The summed E-state index contributed by atoms with van der Waals surface area (Å²) in [6, 6.07) is 3.90. The Morgan fingerprint density at radius 3 is 3.11 bits per heavy atom. The van der Waals surface area contributed by atoms with Gasteiger partial charge in [0.05, 0.1) is 24.8 Å². The van der Waals surface area contributed by atoms with Gasteiger partial charge in [0.15, 0.2) is 10.4 Å². The minimum Gasteiger partial charge on any atom is -0.376 e. The van der Waals surface area contributed by atoms with Crippen LogP contribution in [-0.2, 0) is 11.3 Å². The molecule has 0 spiro atoms. The molecule has 1 fully saturated rings. The summed E-state index contributed by atoms with van der Waals surface area (Å²) >= 11 is 5.31. The first-order chi connectivity index (χ1) is 8.84. The maximum absolute atomic E-state index is 5.87. The van der Waals surface area contributed by atoms with Crippen molar-refractivity contribution < 1.29 is 4.74 Å². The van der Waals surface area contributed by atoms with Crippen molar-refractivity contribution in [3.8, 4) is 0 Å². The van der Waals surface area contributed by atoms with Gasteiger partial charge in [0.1, 0.15) is 0 Å². The fourth-order valence-corrected chi connectivity index (χ4v) is 2.85. The summed E-state index contributed by atoms with van der Waals surface area (Å²) in [6.07, 6.45) is 7.27. The van der Waals surface area contributed by atoms with E-state index < -0.39 is 0 Å². The lowest BCUT2D eigenvalue weighted by Crippen LogP contribution is -2.13. The number of aromatic amines is 1. The molecule has 5 heteroatoms. The first-order valence-corrected chi connectivity index (χ1v) is 6.90. The molecule has 1 aliphatic carbocycles. The Morgan fingerprint density at radius 2 is 2.28 bits per heavy atom. The summed E-state index contributed by atoms with van der Waals surface area (Å²) in [5.41, 5.74) is 1.90. The molecule has 4 nitrogen and oxygen atoms in total. The molecule has 1 saturated carbocycles. The van der Waals surface area contributed by atoms with Crippen LogP contribution in [-0.4, -0.2) is 27.2 Å². The number of rotatable bonds is 4. The number of ether oxygens (including phenoxy) is 1. The third-order valence-corrected chi connectivity index (χ3v) is 3.82. The molecule has 0 aliphatic heterocycles. The summed E-state index contributed by atoms with van der Waals surface area (Å²) in [4.78, 5) is 7.53. The molecule has 0 atom stereocenters. The number of aromatic nitrogens is 3. The highest BCUT2D eigenvalue weighted by Gasteiger charge is 2.15. The van der Waals surface area contributed by atoms with Gasteiger partial charge in [-0.3, -0.25) is 4.57 Å². The Bertz CT molecular complexity index is 583. The quantitative estimate of drug-likeness (QED) is 0.862. The van der Waals surface area contributed by atoms with Crippen LogP contribution in [0.4, 0.5) is 0 Å². The number of fused-ring (bicyclic) bond motifs is 1. The zero-order valence-corrected chi connectivity index (χ0v) is 11.1.